The van der Waals surface area contributed by atoms with E-state index < -0.39 is 5.97 Å². The molecule has 0 unspecified atom stereocenters. The molecule has 0 radical (unpaired) electrons. The van der Waals surface area contributed by atoms with Gasteiger partial charge < -0.3 is 14.8 Å². The summed E-state index contributed by atoms with van der Waals surface area (Å²) in [7, 11) is 2.94. The number of hydrogen-bond donors (Lipinski definition) is 1. The van der Waals surface area contributed by atoms with E-state index in [4.69, 9.17) is 9.47 Å². The van der Waals surface area contributed by atoms with Gasteiger partial charge in [-0.2, -0.15) is 0 Å². The van der Waals surface area contributed by atoms with Crippen LogP contribution in [0.4, 0.5) is 5.82 Å². The van der Waals surface area contributed by atoms with Crippen LogP contribution in [0.5, 0.6) is 5.75 Å². The molecule has 1 atom stereocenters. The number of aromatic nitrogens is 2. The Morgan fingerprint density at radius 1 is 1.07 bits per heavy atom. The van der Waals surface area contributed by atoms with Gasteiger partial charge in [0.15, 0.2) is 0 Å². The Hall–Kier alpha value is -3.45. The molecule has 2 aromatic carbocycles. The largest absolute Gasteiger partial charge is 0.496 e. The maximum Gasteiger partial charge on any atom is 0.337 e. The van der Waals surface area contributed by atoms with E-state index in [-0.39, 0.29) is 6.04 Å². The number of benzene rings is 2. The van der Waals surface area contributed by atoms with Crippen molar-refractivity contribution in [3.05, 3.63) is 72.1 Å². The van der Waals surface area contributed by atoms with Gasteiger partial charge in [0, 0.05) is 16.5 Å². The summed E-state index contributed by atoms with van der Waals surface area (Å²) in [4.78, 5) is 22.6. The minimum Gasteiger partial charge on any atom is -0.496 e. The number of hydrogen-bond acceptors (Lipinski definition) is 7. The number of esters is 1. The first-order chi connectivity index (χ1) is 14.6. The minimum absolute atomic E-state index is 0.0986. The molecule has 2 aromatic heterocycles. The molecule has 2 heterocycles. The van der Waals surface area contributed by atoms with E-state index in [1.54, 1.807) is 36.9 Å². The predicted octanol–water partition coefficient (Wildman–Crippen LogP) is 5.33. The molecule has 0 amide bonds. The van der Waals surface area contributed by atoms with Crippen molar-refractivity contribution in [1.29, 1.82) is 0 Å². The summed E-state index contributed by atoms with van der Waals surface area (Å²) in [6.07, 6.45) is 1.57. The van der Waals surface area contributed by atoms with Gasteiger partial charge in [-0.15, -0.1) is 11.3 Å². The van der Waals surface area contributed by atoms with E-state index in [0.29, 0.717) is 11.3 Å². The number of carbonyl (C=O) groups is 1. The maximum absolute atomic E-state index is 11.8. The lowest BCUT2D eigenvalue weighted by molar-refractivity contribution is 0.0600. The molecule has 4 aromatic rings. The highest BCUT2D eigenvalue weighted by atomic mass is 32.1. The number of carbonyl (C=O) groups excluding carboxylic acids is 1. The molecule has 0 saturated heterocycles. The zero-order chi connectivity index (χ0) is 21.1. The van der Waals surface area contributed by atoms with Crippen LogP contribution < -0.4 is 10.1 Å². The highest BCUT2D eigenvalue weighted by Gasteiger charge is 2.17. The molecule has 0 aliphatic rings. The third-order valence-electron chi connectivity index (χ3n) is 4.87. The second kappa shape index (κ2) is 8.51. The van der Waals surface area contributed by atoms with E-state index in [9.17, 15) is 4.79 Å². The fourth-order valence-electron chi connectivity index (χ4n) is 3.27. The summed E-state index contributed by atoms with van der Waals surface area (Å²) in [6.45, 7) is 2.10. The average Bonchev–Trinajstić information content (AvgIpc) is 3.23. The van der Waals surface area contributed by atoms with Gasteiger partial charge in [-0.3, -0.25) is 0 Å². The second-order valence-corrected chi connectivity index (χ2v) is 7.77. The van der Waals surface area contributed by atoms with Crippen LogP contribution >= 0.6 is 11.3 Å². The number of anilines is 1. The molecule has 0 spiro atoms. The van der Waals surface area contributed by atoms with E-state index in [1.807, 2.05) is 24.3 Å². The summed E-state index contributed by atoms with van der Waals surface area (Å²) in [5.74, 6) is 0.983. The molecule has 6 nitrogen and oxygen atoms in total. The number of nitrogens with one attached hydrogen (secondary N) is 1. The molecule has 1 N–H and O–H groups in total. The van der Waals surface area contributed by atoms with Crippen LogP contribution in [-0.2, 0) is 4.74 Å². The Balaban J connectivity index is 1.71. The van der Waals surface area contributed by atoms with Gasteiger partial charge in [0.05, 0.1) is 25.2 Å². The van der Waals surface area contributed by atoms with Crippen LogP contribution in [0, 0.1) is 0 Å². The van der Waals surface area contributed by atoms with Crippen molar-refractivity contribution in [2.24, 2.45) is 0 Å². The van der Waals surface area contributed by atoms with Crippen LogP contribution in [0.2, 0.25) is 0 Å². The lowest BCUT2D eigenvalue weighted by Crippen LogP contribution is -2.08. The van der Waals surface area contributed by atoms with Crippen LogP contribution in [0.15, 0.2) is 60.9 Å². The standard InChI is InChI=1S/C23H21N3O3S/c1-14(15-7-5-4-6-8-15)26-21-18-12-20(30-22(18)25-13-24-21)17-10-9-16(23(27)29-3)11-19(17)28-2/h4-14H,1-3H3,(H,24,25,26)/t14-/m1/s1. The normalized spacial score (nSPS) is 11.8. The quantitative estimate of drug-likeness (QED) is 0.426. The van der Waals surface area contributed by atoms with Gasteiger partial charge in [-0.25, -0.2) is 14.8 Å². The van der Waals surface area contributed by atoms with Gasteiger partial charge in [0.2, 0.25) is 0 Å². The smallest absolute Gasteiger partial charge is 0.337 e. The lowest BCUT2D eigenvalue weighted by Gasteiger charge is -2.15. The summed E-state index contributed by atoms with van der Waals surface area (Å²) >= 11 is 1.55. The third-order valence-corrected chi connectivity index (χ3v) is 5.95. The van der Waals surface area contributed by atoms with Crippen molar-refractivity contribution in [3.8, 4) is 16.2 Å². The van der Waals surface area contributed by atoms with Gasteiger partial charge >= 0.3 is 5.97 Å². The first kappa shape index (κ1) is 19.8. The van der Waals surface area contributed by atoms with E-state index >= 15 is 0 Å². The predicted molar refractivity (Wildman–Crippen MR) is 119 cm³/mol. The molecule has 4 rings (SSSR count). The van der Waals surface area contributed by atoms with Crippen molar-refractivity contribution >= 4 is 33.3 Å². The summed E-state index contributed by atoms with van der Waals surface area (Å²) in [6, 6.07) is 17.7. The molecule has 30 heavy (non-hydrogen) atoms. The summed E-state index contributed by atoms with van der Waals surface area (Å²) in [5, 5.41) is 4.43. The van der Waals surface area contributed by atoms with E-state index in [0.717, 1.165) is 26.5 Å². The van der Waals surface area contributed by atoms with Crippen LogP contribution in [0.25, 0.3) is 20.7 Å². The number of rotatable bonds is 6. The fourth-order valence-corrected chi connectivity index (χ4v) is 4.30. The van der Waals surface area contributed by atoms with Crippen molar-refractivity contribution in [2.75, 3.05) is 19.5 Å². The Kier molecular flexibility index (Phi) is 5.63. The van der Waals surface area contributed by atoms with Crippen molar-refractivity contribution in [1.82, 2.24) is 9.97 Å². The molecular formula is C23H21N3O3S. The third kappa shape index (κ3) is 3.84. The van der Waals surface area contributed by atoms with E-state index in [1.165, 1.54) is 12.7 Å². The molecule has 0 fully saturated rings. The van der Waals surface area contributed by atoms with Gasteiger partial charge in [-0.05, 0) is 36.8 Å². The molecule has 7 heteroatoms. The SMILES string of the molecule is COC(=O)c1ccc(-c2cc3c(N[C@H](C)c4ccccc4)ncnc3s2)c(OC)c1. The lowest BCUT2D eigenvalue weighted by atomic mass is 10.1. The molecule has 0 saturated carbocycles. The Morgan fingerprint density at radius 2 is 1.87 bits per heavy atom. The number of methoxy groups -OCH3 is 2. The first-order valence-corrected chi connectivity index (χ1v) is 10.2. The maximum atomic E-state index is 11.8. The topological polar surface area (TPSA) is 73.3 Å². The molecule has 0 aliphatic heterocycles. The van der Waals surface area contributed by atoms with E-state index in [2.05, 4.69) is 40.4 Å². The van der Waals surface area contributed by atoms with Crippen LogP contribution in [0.3, 0.4) is 0 Å². The number of ether oxygens (including phenoxy) is 2. The van der Waals surface area contributed by atoms with Crippen molar-refractivity contribution in [2.45, 2.75) is 13.0 Å². The molecule has 0 aliphatic carbocycles. The zero-order valence-electron chi connectivity index (χ0n) is 16.9. The van der Waals surface area contributed by atoms with Gasteiger partial charge in [0.25, 0.3) is 0 Å². The Labute approximate surface area is 178 Å². The number of nitrogens with zero attached hydrogens (tertiary/aromatic N) is 2. The monoisotopic (exact) mass is 419 g/mol. The Morgan fingerprint density at radius 3 is 2.60 bits per heavy atom. The highest BCUT2D eigenvalue weighted by Crippen LogP contribution is 2.40. The fraction of sp³-hybridized carbons (Fsp3) is 0.174. The highest BCUT2D eigenvalue weighted by molar-refractivity contribution is 7.22. The first-order valence-electron chi connectivity index (χ1n) is 9.43. The average molecular weight is 420 g/mol. The molecule has 152 valence electrons. The molecule has 0 bridgehead atoms. The van der Waals surface area contributed by atoms with Crippen molar-refractivity contribution in [3.63, 3.8) is 0 Å². The summed E-state index contributed by atoms with van der Waals surface area (Å²) < 4.78 is 10.3. The van der Waals surface area contributed by atoms with Crippen molar-refractivity contribution < 1.29 is 14.3 Å². The number of thiophene rings is 1. The molecular weight excluding hydrogens is 398 g/mol. The van der Waals surface area contributed by atoms with Crippen LogP contribution in [-0.4, -0.2) is 30.2 Å². The van der Waals surface area contributed by atoms with Gasteiger partial charge in [0.1, 0.15) is 22.7 Å². The van der Waals surface area contributed by atoms with Crippen LogP contribution in [0.1, 0.15) is 28.9 Å². The minimum atomic E-state index is -0.400. The Bertz CT molecular complexity index is 1190. The summed E-state index contributed by atoms with van der Waals surface area (Å²) in [5.41, 5.74) is 2.51. The van der Waals surface area contributed by atoms with Gasteiger partial charge in [-0.1, -0.05) is 30.3 Å². The number of fused-ring (bicyclic) bond motifs is 1. The second-order valence-electron chi connectivity index (χ2n) is 6.74. The zero-order valence-corrected chi connectivity index (χ0v) is 17.7.